The third kappa shape index (κ3) is 1.67. The predicted octanol–water partition coefficient (Wildman–Crippen LogP) is 1.64. The molecular formula is C12H13NO3. The average Bonchev–Trinajstić information content (AvgIpc) is 2.56. The molecule has 84 valence electrons. The zero-order valence-corrected chi connectivity index (χ0v) is 8.97. The zero-order valence-electron chi connectivity index (χ0n) is 8.97. The van der Waals surface area contributed by atoms with Gasteiger partial charge >= 0.3 is 5.97 Å². The monoisotopic (exact) mass is 219 g/mol. The van der Waals surface area contributed by atoms with Crippen molar-refractivity contribution < 1.29 is 15.0 Å². The molecule has 2 rings (SSSR count). The minimum atomic E-state index is -0.920. The first kappa shape index (κ1) is 10.7. The van der Waals surface area contributed by atoms with E-state index in [0.717, 1.165) is 16.5 Å². The van der Waals surface area contributed by atoms with E-state index in [1.165, 1.54) is 0 Å². The van der Waals surface area contributed by atoms with Gasteiger partial charge in [-0.05, 0) is 30.7 Å². The number of aromatic carboxylic acids is 1. The molecule has 0 saturated carbocycles. The smallest absolute Gasteiger partial charge is 0.335 e. The molecule has 1 aromatic carbocycles. The van der Waals surface area contributed by atoms with Crippen molar-refractivity contribution in [3.8, 4) is 0 Å². The lowest BCUT2D eigenvalue weighted by molar-refractivity contribution is 0.0697. The van der Waals surface area contributed by atoms with Crippen LogP contribution in [0.5, 0.6) is 0 Å². The van der Waals surface area contributed by atoms with Crippen molar-refractivity contribution in [2.45, 2.75) is 13.5 Å². The number of carboxylic acid groups (broad SMARTS) is 1. The Morgan fingerprint density at radius 3 is 2.81 bits per heavy atom. The minimum Gasteiger partial charge on any atom is -0.478 e. The summed E-state index contributed by atoms with van der Waals surface area (Å²) in [5.41, 5.74) is 2.26. The van der Waals surface area contributed by atoms with Crippen LogP contribution in [0.2, 0.25) is 0 Å². The van der Waals surface area contributed by atoms with E-state index in [-0.39, 0.29) is 12.2 Å². The average molecular weight is 219 g/mol. The summed E-state index contributed by atoms with van der Waals surface area (Å²) in [6, 6.07) is 5.03. The Kier molecular flexibility index (Phi) is 2.66. The van der Waals surface area contributed by atoms with E-state index in [1.54, 1.807) is 18.2 Å². The minimum absolute atomic E-state index is 0.0733. The molecule has 0 spiro atoms. The lowest BCUT2D eigenvalue weighted by Gasteiger charge is -2.02. The van der Waals surface area contributed by atoms with Gasteiger partial charge in [0.15, 0.2) is 0 Å². The topological polar surface area (TPSA) is 62.5 Å². The molecule has 0 fully saturated rings. The molecule has 0 aliphatic carbocycles. The first-order valence-corrected chi connectivity index (χ1v) is 5.07. The van der Waals surface area contributed by atoms with E-state index in [4.69, 9.17) is 10.2 Å². The number of nitrogens with zero attached hydrogens (tertiary/aromatic N) is 1. The summed E-state index contributed by atoms with van der Waals surface area (Å²) in [5.74, 6) is -0.920. The van der Waals surface area contributed by atoms with Crippen molar-refractivity contribution in [3.63, 3.8) is 0 Å². The van der Waals surface area contributed by atoms with Crippen LogP contribution in [0, 0.1) is 6.92 Å². The summed E-state index contributed by atoms with van der Waals surface area (Å²) in [6.45, 7) is 2.53. The molecule has 0 radical (unpaired) electrons. The Bertz CT molecular complexity index is 542. The standard InChI is InChI=1S/C12H13NO3/c1-8-7-13(4-5-14)11-3-2-9(12(15)16)6-10(8)11/h2-3,6-7,14H,4-5H2,1H3,(H,15,16). The fourth-order valence-corrected chi connectivity index (χ4v) is 1.90. The van der Waals surface area contributed by atoms with Gasteiger partial charge in [-0.25, -0.2) is 4.79 Å². The number of hydrogen-bond acceptors (Lipinski definition) is 2. The van der Waals surface area contributed by atoms with Crippen LogP contribution in [0.25, 0.3) is 10.9 Å². The van der Waals surface area contributed by atoms with Crippen molar-refractivity contribution in [3.05, 3.63) is 35.5 Å². The highest BCUT2D eigenvalue weighted by molar-refractivity contribution is 5.94. The number of carboxylic acids is 1. The van der Waals surface area contributed by atoms with E-state index in [2.05, 4.69) is 0 Å². The maximum absolute atomic E-state index is 10.8. The zero-order chi connectivity index (χ0) is 11.7. The van der Waals surface area contributed by atoms with Crippen molar-refractivity contribution >= 4 is 16.9 Å². The number of aryl methyl sites for hydroxylation is 1. The van der Waals surface area contributed by atoms with E-state index in [1.807, 2.05) is 17.7 Å². The molecule has 4 nitrogen and oxygen atoms in total. The second-order valence-corrected chi connectivity index (χ2v) is 3.77. The van der Waals surface area contributed by atoms with Crippen molar-refractivity contribution in [1.29, 1.82) is 0 Å². The van der Waals surface area contributed by atoms with Gasteiger partial charge < -0.3 is 14.8 Å². The summed E-state index contributed by atoms with van der Waals surface area (Å²) in [4.78, 5) is 10.8. The van der Waals surface area contributed by atoms with Gasteiger partial charge in [0.2, 0.25) is 0 Å². The third-order valence-electron chi connectivity index (χ3n) is 2.67. The number of aromatic nitrogens is 1. The van der Waals surface area contributed by atoms with Crippen LogP contribution < -0.4 is 0 Å². The number of hydrogen-bond donors (Lipinski definition) is 2. The summed E-state index contributed by atoms with van der Waals surface area (Å²) >= 11 is 0. The van der Waals surface area contributed by atoms with Crippen molar-refractivity contribution in [2.75, 3.05) is 6.61 Å². The van der Waals surface area contributed by atoms with E-state index in [0.29, 0.717) is 6.54 Å². The Hall–Kier alpha value is -1.81. The molecule has 1 heterocycles. The molecule has 16 heavy (non-hydrogen) atoms. The maximum Gasteiger partial charge on any atom is 0.335 e. The fourth-order valence-electron chi connectivity index (χ4n) is 1.90. The maximum atomic E-state index is 10.8. The van der Waals surface area contributed by atoms with Gasteiger partial charge in [-0.15, -0.1) is 0 Å². The molecule has 0 bridgehead atoms. The summed E-state index contributed by atoms with van der Waals surface area (Å²) < 4.78 is 1.93. The summed E-state index contributed by atoms with van der Waals surface area (Å²) in [7, 11) is 0. The van der Waals surface area contributed by atoms with Gasteiger partial charge in [0.05, 0.1) is 12.2 Å². The second-order valence-electron chi connectivity index (χ2n) is 3.77. The first-order chi connectivity index (χ1) is 7.63. The lowest BCUT2D eigenvalue weighted by atomic mass is 10.1. The molecule has 0 amide bonds. The molecular weight excluding hydrogens is 206 g/mol. The van der Waals surface area contributed by atoms with Crippen LogP contribution in [0.15, 0.2) is 24.4 Å². The molecule has 0 saturated heterocycles. The van der Waals surface area contributed by atoms with Crippen LogP contribution in [0.4, 0.5) is 0 Å². The number of aliphatic hydroxyl groups is 1. The molecule has 0 unspecified atom stereocenters. The molecule has 4 heteroatoms. The lowest BCUT2D eigenvalue weighted by Crippen LogP contribution is -2.00. The molecule has 2 N–H and O–H groups in total. The van der Waals surface area contributed by atoms with Crippen LogP contribution in [0.1, 0.15) is 15.9 Å². The summed E-state index contributed by atoms with van der Waals surface area (Å²) in [5, 5.41) is 18.7. The highest BCUT2D eigenvalue weighted by atomic mass is 16.4. The van der Waals surface area contributed by atoms with Crippen LogP contribution in [-0.2, 0) is 6.54 Å². The molecule has 2 aromatic rings. The van der Waals surface area contributed by atoms with E-state index >= 15 is 0 Å². The van der Waals surface area contributed by atoms with Gasteiger partial charge in [-0.3, -0.25) is 0 Å². The van der Waals surface area contributed by atoms with E-state index in [9.17, 15) is 4.79 Å². The first-order valence-electron chi connectivity index (χ1n) is 5.07. The highest BCUT2D eigenvalue weighted by Crippen LogP contribution is 2.22. The molecule has 0 aliphatic heterocycles. The second kappa shape index (κ2) is 3.98. The largest absolute Gasteiger partial charge is 0.478 e. The van der Waals surface area contributed by atoms with Crippen molar-refractivity contribution in [2.24, 2.45) is 0 Å². The van der Waals surface area contributed by atoms with Crippen LogP contribution in [-0.4, -0.2) is 27.4 Å². The predicted molar refractivity (Wildman–Crippen MR) is 60.7 cm³/mol. The van der Waals surface area contributed by atoms with E-state index < -0.39 is 5.97 Å². The number of fused-ring (bicyclic) bond motifs is 1. The summed E-state index contributed by atoms with van der Waals surface area (Å²) in [6.07, 6.45) is 1.92. The number of rotatable bonds is 3. The van der Waals surface area contributed by atoms with Gasteiger partial charge in [-0.2, -0.15) is 0 Å². The third-order valence-corrected chi connectivity index (χ3v) is 2.67. The Morgan fingerprint density at radius 1 is 1.44 bits per heavy atom. The number of aliphatic hydroxyl groups excluding tert-OH is 1. The Labute approximate surface area is 92.7 Å². The van der Waals surface area contributed by atoms with Crippen LogP contribution in [0.3, 0.4) is 0 Å². The fraction of sp³-hybridized carbons (Fsp3) is 0.250. The number of benzene rings is 1. The van der Waals surface area contributed by atoms with Crippen molar-refractivity contribution in [1.82, 2.24) is 4.57 Å². The SMILES string of the molecule is Cc1cn(CCO)c2ccc(C(=O)O)cc12. The Balaban J connectivity index is 2.61. The highest BCUT2D eigenvalue weighted by Gasteiger charge is 2.08. The van der Waals surface area contributed by atoms with Gasteiger partial charge in [-0.1, -0.05) is 0 Å². The van der Waals surface area contributed by atoms with Gasteiger partial charge in [0, 0.05) is 23.6 Å². The van der Waals surface area contributed by atoms with Gasteiger partial charge in [0.1, 0.15) is 0 Å². The molecule has 0 atom stereocenters. The van der Waals surface area contributed by atoms with Gasteiger partial charge in [0.25, 0.3) is 0 Å². The molecule has 0 aliphatic rings. The number of carbonyl (C=O) groups is 1. The molecule has 1 aromatic heterocycles. The normalized spacial score (nSPS) is 10.9. The Morgan fingerprint density at radius 2 is 2.19 bits per heavy atom. The van der Waals surface area contributed by atoms with Crippen LogP contribution >= 0.6 is 0 Å². The quantitative estimate of drug-likeness (QED) is 0.824.